The summed E-state index contributed by atoms with van der Waals surface area (Å²) in [7, 11) is 0. The number of benzene rings is 1. The van der Waals surface area contributed by atoms with Gasteiger partial charge in [-0.1, -0.05) is 0 Å². The van der Waals surface area contributed by atoms with Crippen LogP contribution in [-0.4, -0.2) is 66.4 Å². The molecule has 25 heavy (non-hydrogen) atoms. The van der Waals surface area contributed by atoms with Crippen molar-refractivity contribution in [3.05, 3.63) is 33.9 Å². The first kappa shape index (κ1) is 18.7. The number of nitrogens with zero attached hydrogens (tertiary/aromatic N) is 5. The van der Waals surface area contributed by atoms with E-state index in [1.165, 1.54) is 6.07 Å². The van der Waals surface area contributed by atoms with E-state index in [0.717, 1.165) is 0 Å². The maximum atomic E-state index is 12.2. The van der Waals surface area contributed by atoms with Gasteiger partial charge in [-0.25, -0.2) is 0 Å². The topological polar surface area (TPSA) is 93.7 Å². The molecule has 0 aliphatic carbocycles. The van der Waals surface area contributed by atoms with Crippen LogP contribution in [0.15, 0.2) is 18.2 Å². The highest BCUT2D eigenvalue weighted by Gasteiger charge is 2.25. The molecule has 134 valence electrons. The SMILES string of the molecule is CCN(CC)C(=O)CN1CCN(c2ccc(C#N)cc2[N+](=O)[O-])CC1. The van der Waals surface area contributed by atoms with Crippen LogP contribution in [0.25, 0.3) is 0 Å². The number of hydrogen-bond donors (Lipinski definition) is 0. The van der Waals surface area contributed by atoms with Crippen LogP contribution in [0.4, 0.5) is 11.4 Å². The quantitative estimate of drug-likeness (QED) is 0.572. The Morgan fingerprint density at radius 2 is 1.92 bits per heavy atom. The highest BCUT2D eigenvalue weighted by molar-refractivity contribution is 5.78. The number of anilines is 1. The Kier molecular flexibility index (Phi) is 6.31. The van der Waals surface area contributed by atoms with Crippen molar-refractivity contribution in [1.82, 2.24) is 9.80 Å². The zero-order valence-corrected chi connectivity index (χ0v) is 14.6. The van der Waals surface area contributed by atoms with Crippen molar-refractivity contribution < 1.29 is 9.72 Å². The van der Waals surface area contributed by atoms with E-state index in [2.05, 4.69) is 4.90 Å². The van der Waals surface area contributed by atoms with Gasteiger partial charge in [0, 0.05) is 45.3 Å². The number of nitriles is 1. The Labute approximate surface area is 147 Å². The Hall–Kier alpha value is -2.66. The number of nitro groups is 1. The van der Waals surface area contributed by atoms with Gasteiger partial charge in [0.1, 0.15) is 5.69 Å². The minimum Gasteiger partial charge on any atom is -0.363 e. The van der Waals surface area contributed by atoms with E-state index in [4.69, 9.17) is 5.26 Å². The summed E-state index contributed by atoms with van der Waals surface area (Å²) in [5.74, 6) is 0.114. The number of amides is 1. The van der Waals surface area contributed by atoms with Crippen molar-refractivity contribution in [2.45, 2.75) is 13.8 Å². The summed E-state index contributed by atoms with van der Waals surface area (Å²) in [4.78, 5) is 28.9. The summed E-state index contributed by atoms with van der Waals surface area (Å²) in [5.41, 5.74) is 0.754. The highest BCUT2D eigenvalue weighted by atomic mass is 16.6. The molecule has 2 rings (SSSR count). The lowest BCUT2D eigenvalue weighted by atomic mass is 10.1. The van der Waals surface area contributed by atoms with Gasteiger partial charge in [0.2, 0.25) is 5.91 Å². The Balaban J connectivity index is 2.02. The maximum Gasteiger partial charge on any atom is 0.293 e. The van der Waals surface area contributed by atoms with Crippen LogP contribution < -0.4 is 4.90 Å². The van der Waals surface area contributed by atoms with Gasteiger partial charge in [0.05, 0.1) is 23.1 Å². The molecule has 1 saturated heterocycles. The van der Waals surface area contributed by atoms with E-state index in [1.807, 2.05) is 24.8 Å². The van der Waals surface area contributed by atoms with Gasteiger partial charge in [-0.2, -0.15) is 5.26 Å². The predicted octanol–water partition coefficient (Wildman–Crippen LogP) is 1.46. The maximum absolute atomic E-state index is 12.2. The van der Waals surface area contributed by atoms with E-state index < -0.39 is 4.92 Å². The van der Waals surface area contributed by atoms with Crippen LogP contribution in [0, 0.1) is 21.4 Å². The molecule has 1 heterocycles. The van der Waals surface area contributed by atoms with Crippen LogP contribution >= 0.6 is 0 Å². The van der Waals surface area contributed by atoms with Crippen molar-refractivity contribution in [2.24, 2.45) is 0 Å². The molecule has 1 aliphatic rings. The Morgan fingerprint density at radius 3 is 2.44 bits per heavy atom. The minimum absolute atomic E-state index is 0.0493. The van der Waals surface area contributed by atoms with Crippen molar-refractivity contribution in [3.8, 4) is 6.07 Å². The summed E-state index contributed by atoms with van der Waals surface area (Å²) in [6.45, 7) is 8.27. The molecule has 0 bridgehead atoms. The average Bonchev–Trinajstić information content (AvgIpc) is 2.63. The Morgan fingerprint density at radius 1 is 1.28 bits per heavy atom. The molecule has 1 aromatic carbocycles. The van der Waals surface area contributed by atoms with E-state index in [0.29, 0.717) is 51.5 Å². The van der Waals surface area contributed by atoms with Gasteiger partial charge in [-0.15, -0.1) is 0 Å². The molecule has 1 aromatic rings. The van der Waals surface area contributed by atoms with Gasteiger partial charge in [-0.3, -0.25) is 19.8 Å². The zero-order chi connectivity index (χ0) is 18.4. The molecule has 1 amide bonds. The van der Waals surface area contributed by atoms with Crippen LogP contribution in [0.1, 0.15) is 19.4 Å². The molecule has 1 fully saturated rings. The number of carbonyl (C=O) groups excluding carboxylic acids is 1. The van der Waals surface area contributed by atoms with Crippen LogP contribution in [0.3, 0.4) is 0 Å². The van der Waals surface area contributed by atoms with E-state index in [9.17, 15) is 14.9 Å². The second-order valence-corrected chi connectivity index (χ2v) is 5.90. The normalized spacial score (nSPS) is 14.8. The molecule has 0 spiro atoms. The molecule has 8 nitrogen and oxygen atoms in total. The second-order valence-electron chi connectivity index (χ2n) is 5.90. The standard InChI is InChI=1S/C17H23N5O3/c1-3-20(4-2)17(23)13-19-7-9-21(10-8-19)15-6-5-14(12-18)11-16(15)22(24)25/h5-6,11H,3-4,7-10,13H2,1-2H3. The van der Waals surface area contributed by atoms with E-state index in [1.54, 1.807) is 17.0 Å². The largest absolute Gasteiger partial charge is 0.363 e. The van der Waals surface area contributed by atoms with Gasteiger partial charge in [-0.05, 0) is 26.0 Å². The van der Waals surface area contributed by atoms with E-state index in [-0.39, 0.29) is 17.2 Å². The summed E-state index contributed by atoms with van der Waals surface area (Å²) >= 11 is 0. The Bertz CT molecular complexity index is 673. The summed E-state index contributed by atoms with van der Waals surface area (Å²) in [6.07, 6.45) is 0. The van der Waals surface area contributed by atoms with Crippen LogP contribution in [-0.2, 0) is 4.79 Å². The molecular formula is C17H23N5O3. The number of rotatable bonds is 6. The highest BCUT2D eigenvalue weighted by Crippen LogP contribution is 2.29. The fourth-order valence-corrected chi connectivity index (χ4v) is 3.02. The molecule has 0 atom stereocenters. The monoisotopic (exact) mass is 345 g/mol. The smallest absolute Gasteiger partial charge is 0.293 e. The van der Waals surface area contributed by atoms with Crippen molar-refractivity contribution >= 4 is 17.3 Å². The second kappa shape index (κ2) is 8.44. The van der Waals surface area contributed by atoms with Gasteiger partial charge in [0.15, 0.2) is 0 Å². The zero-order valence-electron chi connectivity index (χ0n) is 14.6. The lowest BCUT2D eigenvalue weighted by Gasteiger charge is -2.36. The van der Waals surface area contributed by atoms with Crippen LogP contribution in [0.2, 0.25) is 0 Å². The summed E-state index contributed by atoms with van der Waals surface area (Å²) in [5, 5.41) is 20.2. The molecule has 0 aromatic heterocycles. The lowest BCUT2D eigenvalue weighted by molar-refractivity contribution is -0.384. The third kappa shape index (κ3) is 4.45. The molecule has 1 aliphatic heterocycles. The molecule has 8 heteroatoms. The number of piperazine rings is 1. The fraction of sp³-hybridized carbons (Fsp3) is 0.529. The molecule has 0 unspecified atom stereocenters. The minimum atomic E-state index is -0.452. The van der Waals surface area contributed by atoms with Gasteiger partial charge < -0.3 is 9.80 Å². The average molecular weight is 345 g/mol. The van der Waals surface area contributed by atoms with Crippen molar-refractivity contribution in [1.29, 1.82) is 5.26 Å². The molecule has 0 N–H and O–H groups in total. The molecule has 0 radical (unpaired) electrons. The number of nitro benzene ring substituents is 1. The van der Waals surface area contributed by atoms with E-state index >= 15 is 0 Å². The molecular weight excluding hydrogens is 322 g/mol. The van der Waals surface area contributed by atoms with Crippen molar-refractivity contribution in [3.63, 3.8) is 0 Å². The number of carbonyl (C=O) groups is 1. The first-order chi connectivity index (χ1) is 12.0. The van der Waals surface area contributed by atoms with Gasteiger partial charge >= 0.3 is 0 Å². The molecule has 0 saturated carbocycles. The third-order valence-corrected chi connectivity index (χ3v) is 4.49. The van der Waals surface area contributed by atoms with Crippen LogP contribution in [0.5, 0.6) is 0 Å². The summed E-state index contributed by atoms with van der Waals surface area (Å²) < 4.78 is 0. The number of likely N-dealkylation sites (N-methyl/N-ethyl adjacent to an activating group) is 1. The fourth-order valence-electron chi connectivity index (χ4n) is 3.02. The predicted molar refractivity (Wildman–Crippen MR) is 94.4 cm³/mol. The summed E-state index contributed by atoms with van der Waals surface area (Å²) in [6, 6.07) is 6.47. The first-order valence-corrected chi connectivity index (χ1v) is 8.43. The van der Waals surface area contributed by atoms with Crippen molar-refractivity contribution in [2.75, 3.05) is 50.7 Å². The third-order valence-electron chi connectivity index (χ3n) is 4.49. The number of hydrogen-bond acceptors (Lipinski definition) is 6. The lowest BCUT2D eigenvalue weighted by Crippen LogP contribution is -2.50. The van der Waals surface area contributed by atoms with Gasteiger partial charge in [0.25, 0.3) is 5.69 Å². The first-order valence-electron chi connectivity index (χ1n) is 8.43.